The summed E-state index contributed by atoms with van der Waals surface area (Å²) in [5, 5.41) is 0. The summed E-state index contributed by atoms with van der Waals surface area (Å²) in [5.74, 6) is 0.128. The van der Waals surface area contributed by atoms with Crippen LogP contribution in [-0.4, -0.2) is 30.9 Å². The SMILES string of the molecule is Cc1ccc(C(C)(C)C(=O)N(C)CC(C)(C)CN)cc1. The predicted molar refractivity (Wildman–Crippen MR) is 84.7 cm³/mol. The minimum Gasteiger partial charge on any atom is -0.344 e. The Morgan fingerprint density at radius 1 is 1.15 bits per heavy atom. The van der Waals surface area contributed by atoms with E-state index in [9.17, 15) is 4.79 Å². The van der Waals surface area contributed by atoms with Crippen LogP contribution in [0, 0.1) is 12.3 Å². The highest BCUT2D eigenvalue weighted by molar-refractivity contribution is 5.87. The molecule has 112 valence electrons. The van der Waals surface area contributed by atoms with E-state index in [2.05, 4.69) is 20.8 Å². The zero-order chi connectivity index (χ0) is 15.6. The van der Waals surface area contributed by atoms with Crippen LogP contribution < -0.4 is 5.73 Å². The molecule has 1 aromatic carbocycles. The molecule has 1 aromatic rings. The van der Waals surface area contributed by atoms with Crippen molar-refractivity contribution in [2.75, 3.05) is 20.1 Å². The van der Waals surface area contributed by atoms with Crippen molar-refractivity contribution in [2.45, 2.75) is 40.0 Å². The molecule has 0 aliphatic carbocycles. The number of nitrogens with zero attached hydrogens (tertiary/aromatic N) is 1. The fourth-order valence-corrected chi connectivity index (χ4v) is 2.35. The monoisotopic (exact) mass is 276 g/mol. The van der Waals surface area contributed by atoms with Crippen LogP contribution >= 0.6 is 0 Å². The second kappa shape index (κ2) is 5.96. The van der Waals surface area contributed by atoms with Gasteiger partial charge in [-0.25, -0.2) is 0 Å². The van der Waals surface area contributed by atoms with Gasteiger partial charge in [0.15, 0.2) is 0 Å². The molecule has 0 radical (unpaired) electrons. The Hall–Kier alpha value is -1.35. The Morgan fingerprint density at radius 2 is 1.65 bits per heavy atom. The normalized spacial score (nSPS) is 12.3. The third kappa shape index (κ3) is 3.83. The van der Waals surface area contributed by atoms with Gasteiger partial charge in [0.05, 0.1) is 5.41 Å². The number of hydrogen-bond donors (Lipinski definition) is 1. The van der Waals surface area contributed by atoms with Crippen LogP contribution in [0.15, 0.2) is 24.3 Å². The van der Waals surface area contributed by atoms with E-state index in [1.165, 1.54) is 5.56 Å². The quantitative estimate of drug-likeness (QED) is 0.899. The molecule has 2 N–H and O–H groups in total. The van der Waals surface area contributed by atoms with Crippen LogP contribution in [0.2, 0.25) is 0 Å². The van der Waals surface area contributed by atoms with Crippen molar-refractivity contribution >= 4 is 5.91 Å². The highest BCUT2D eigenvalue weighted by Crippen LogP contribution is 2.27. The number of aryl methyl sites for hydroxylation is 1. The van der Waals surface area contributed by atoms with E-state index in [-0.39, 0.29) is 11.3 Å². The van der Waals surface area contributed by atoms with Crippen molar-refractivity contribution in [2.24, 2.45) is 11.1 Å². The summed E-state index contributed by atoms with van der Waals surface area (Å²) in [6.07, 6.45) is 0. The third-order valence-electron chi connectivity index (χ3n) is 3.87. The highest BCUT2D eigenvalue weighted by Gasteiger charge is 2.34. The Kier molecular flexibility index (Phi) is 4.98. The molecule has 0 heterocycles. The first-order chi connectivity index (χ1) is 9.10. The molecule has 0 aromatic heterocycles. The first kappa shape index (κ1) is 16.7. The number of amides is 1. The van der Waals surface area contributed by atoms with Crippen LogP contribution in [0.4, 0.5) is 0 Å². The molecule has 0 bridgehead atoms. The summed E-state index contributed by atoms with van der Waals surface area (Å²) in [7, 11) is 1.86. The van der Waals surface area contributed by atoms with Crippen molar-refractivity contribution < 1.29 is 4.79 Å². The van der Waals surface area contributed by atoms with E-state index in [4.69, 9.17) is 5.73 Å². The summed E-state index contributed by atoms with van der Waals surface area (Å²) in [5.41, 5.74) is 7.42. The highest BCUT2D eigenvalue weighted by atomic mass is 16.2. The summed E-state index contributed by atoms with van der Waals surface area (Å²) < 4.78 is 0. The standard InChI is InChI=1S/C17H28N2O/c1-13-7-9-14(10-8-13)17(4,5)15(20)19(6)12-16(2,3)11-18/h7-10H,11-12,18H2,1-6H3. The molecule has 0 saturated carbocycles. The van der Waals surface area contributed by atoms with Crippen molar-refractivity contribution in [3.8, 4) is 0 Å². The average Bonchev–Trinajstić information content (AvgIpc) is 2.37. The molecular weight excluding hydrogens is 248 g/mol. The largest absolute Gasteiger partial charge is 0.344 e. The van der Waals surface area contributed by atoms with E-state index in [1.54, 1.807) is 4.90 Å². The summed E-state index contributed by atoms with van der Waals surface area (Å²) in [6, 6.07) is 8.17. The number of nitrogens with two attached hydrogens (primary N) is 1. The van der Waals surface area contributed by atoms with E-state index in [1.807, 2.05) is 45.2 Å². The average molecular weight is 276 g/mol. The van der Waals surface area contributed by atoms with Gasteiger partial charge in [0, 0.05) is 13.6 Å². The van der Waals surface area contributed by atoms with Gasteiger partial charge in [-0.3, -0.25) is 4.79 Å². The number of carbonyl (C=O) groups excluding carboxylic acids is 1. The number of likely N-dealkylation sites (N-methyl/N-ethyl adjacent to an activating group) is 1. The summed E-state index contributed by atoms with van der Waals surface area (Å²) in [4.78, 5) is 14.5. The lowest BCUT2D eigenvalue weighted by atomic mass is 9.82. The fourth-order valence-electron chi connectivity index (χ4n) is 2.35. The zero-order valence-corrected chi connectivity index (χ0v) is 13.7. The molecular formula is C17H28N2O. The predicted octanol–water partition coefficient (Wildman–Crippen LogP) is 2.72. The minimum atomic E-state index is -0.521. The third-order valence-corrected chi connectivity index (χ3v) is 3.87. The van der Waals surface area contributed by atoms with Gasteiger partial charge in [-0.2, -0.15) is 0 Å². The van der Waals surface area contributed by atoms with Crippen LogP contribution in [0.25, 0.3) is 0 Å². The van der Waals surface area contributed by atoms with E-state index < -0.39 is 5.41 Å². The molecule has 20 heavy (non-hydrogen) atoms. The lowest BCUT2D eigenvalue weighted by Gasteiger charge is -2.34. The number of rotatable bonds is 5. The second-order valence-corrected chi connectivity index (χ2v) is 7.02. The van der Waals surface area contributed by atoms with Gasteiger partial charge in [0.2, 0.25) is 5.91 Å². The molecule has 0 spiro atoms. The molecule has 0 aliphatic heterocycles. The molecule has 3 heteroatoms. The van der Waals surface area contributed by atoms with Gasteiger partial charge >= 0.3 is 0 Å². The first-order valence-electron chi connectivity index (χ1n) is 7.13. The van der Waals surface area contributed by atoms with Crippen LogP contribution in [0.5, 0.6) is 0 Å². The Bertz CT molecular complexity index is 460. The smallest absolute Gasteiger partial charge is 0.232 e. The van der Waals surface area contributed by atoms with Crippen LogP contribution in [-0.2, 0) is 10.2 Å². The van der Waals surface area contributed by atoms with Gasteiger partial charge in [0.1, 0.15) is 0 Å². The molecule has 0 fully saturated rings. The maximum Gasteiger partial charge on any atom is 0.232 e. The van der Waals surface area contributed by atoms with Gasteiger partial charge in [-0.1, -0.05) is 43.7 Å². The summed E-state index contributed by atoms with van der Waals surface area (Å²) >= 11 is 0. The zero-order valence-electron chi connectivity index (χ0n) is 13.7. The maximum atomic E-state index is 12.7. The number of hydrogen-bond acceptors (Lipinski definition) is 2. The van der Waals surface area contributed by atoms with Crippen LogP contribution in [0.1, 0.15) is 38.8 Å². The molecule has 1 rings (SSSR count). The Balaban J connectivity index is 2.91. The van der Waals surface area contributed by atoms with Gasteiger partial charge < -0.3 is 10.6 Å². The topological polar surface area (TPSA) is 46.3 Å². The van der Waals surface area contributed by atoms with E-state index in [0.717, 1.165) is 5.56 Å². The van der Waals surface area contributed by atoms with Gasteiger partial charge in [0.25, 0.3) is 0 Å². The van der Waals surface area contributed by atoms with Crippen LogP contribution in [0.3, 0.4) is 0 Å². The minimum absolute atomic E-state index is 0.0617. The molecule has 0 unspecified atom stereocenters. The maximum absolute atomic E-state index is 12.7. The van der Waals surface area contributed by atoms with Crippen molar-refractivity contribution in [3.05, 3.63) is 35.4 Å². The first-order valence-corrected chi connectivity index (χ1v) is 7.13. The molecule has 0 atom stereocenters. The summed E-state index contributed by atoms with van der Waals surface area (Å²) in [6.45, 7) is 11.4. The Morgan fingerprint density at radius 3 is 2.10 bits per heavy atom. The second-order valence-electron chi connectivity index (χ2n) is 7.02. The lowest BCUT2D eigenvalue weighted by molar-refractivity contribution is -0.136. The van der Waals surface area contributed by atoms with Gasteiger partial charge in [-0.05, 0) is 38.3 Å². The van der Waals surface area contributed by atoms with Crippen molar-refractivity contribution in [3.63, 3.8) is 0 Å². The Labute approximate surface area is 123 Å². The molecule has 1 amide bonds. The number of carbonyl (C=O) groups is 1. The fraction of sp³-hybridized carbons (Fsp3) is 0.588. The van der Waals surface area contributed by atoms with Crippen molar-refractivity contribution in [1.82, 2.24) is 4.90 Å². The number of benzene rings is 1. The van der Waals surface area contributed by atoms with E-state index >= 15 is 0 Å². The van der Waals surface area contributed by atoms with Crippen molar-refractivity contribution in [1.29, 1.82) is 0 Å². The molecule has 0 aliphatic rings. The lowest BCUT2D eigenvalue weighted by Crippen LogP contribution is -2.46. The molecule has 3 nitrogen and oxygen atoms in total. The van der Waals surface area contributed by atoms with E-state index in [0.29, 0.717) is 13.1 Å². The molecule has 0 saturated heterocycles. The van der Waals surface area contributed by atoms with Gasteiger partial charge in [-0.15, -0.1) is 0 Å².